The zero-order chi connectivity index (χ0) is 13.2. The quantitative estimate of drug-likeness (QED) is 0.824. The predicted molar refractivity (Wildman–Crippen MR) is 58.4 cm³/mol. The summed E-state index contributed by atoms with van der Waals surface area (Å²) >= 11 is 0. The first-order valence-electron chi connectivity index (χ1n) is 5.60. The number of fused-ring (bicyclic) bond motifs is 1. The van der Waals surface area contributed by atoms with Gasteiger partial charge >= 0.3 is 12.3 Å². The van der Waals surface area contributed by atoms with Crippen LogP contribution in [0.1, 0.15) is 5.56 Å². The predicted octanol–water partition coefficient (Wildman–Crippen LogP) is 2.48. The molecule has 1 unspecified atom stereocenters. The van der Waals surface area contributed by atoms with Crippen LogP contribution in [0.3, 0.4) is 0 Å². The minimum Gasteiger partial charge on any atom is -0.488 e. The van der Waals surface area contributed by atoms with Crippen molar-refractivity contribution in [2.45, 2.75) is 24.9 Å². The molecule has 2 rings (SSSR count). The molecule has 1 aliphatic heterocycles. The van der Waals surface area contributed by atoms with Crippen LogP contribution in [-0.4, -0.2) is 31.5 Å². The standard InChI is InChI=1S/C12H13F4NO/c13-11(14)12(15,16)7-17-6-9-5-8-3-1-2-4-10(8)18-9/h1-4,9,11,17H,5-7H2. The Labute approximate surface area is 102 Å². The van der Waals surface area contributed by atoms with E-state index in [0.29, 0.717) is 6.42 Å². The summed E-state index contributed by atoms with van der Waals surface area (Å²) in [7, 11) is 0. The van der Waals surface area contributed by atoms with Crippen molar-refractivity contribution in [1.82, 2.24) is 5.32 Å². The van der Waals surface area contributed by atoms with Gasteiger partial charge in [-0.1, -0.05) is 18.2 Å². The Hall–Kier alpha value is -1.30. The average molecular weight is 263 g/mol. The van der Waals surface area contributed by atoms with Gasteiger partial charge in [-0.05, 0) is 11.6 Å². The van der Waals surface area contributed by atoms with Crippen LogP contribution in [0.25, 0.3) is 0 Å². The number of nitrogens with one attached hydrogen (secondary N) is 1. The van der Waals surface area contributed by atoms with Gasteiger partial charge in [0, 0.05) is 13.0 Å². The maximum atomic E-state index is 12.6. The highest BCUT2D eigenvalue weighted by Crippen LogP contribution is 2.28. The fraction of sp³-hybridized carbons (Fsp3) is 0.500. The fourth-order valence-electron chi connectivity index (χ4n) is 1.84. The largest absolute Gasteiger partial charge is 0.488 e. The molecule has 0 spiro atoms. The molecule has 0 bridgehead atoms. The van der Waals surface area contributed by atoms with Gasteiger partial charge in [0.25, 0.3) is 0 Å². The highest BCUT2D eigenvalue weighted by atomic mass is 19.3. The zero-order valence-electron chi connectivity index (χ0n) is 9.51. The van der Waals surface area contributed by atoms with E-state index in [0.717, 1.165) is 11.3 Å². The second-order valence-electron chi connectivity index (χ2n) is 4.24. The van der Waals surface area contributed by atoms with Gasteiger partial charge < -0.3 is 10.1 Å². The van der Waals surface area contributed by atoms with E-state index < -0.39 is 18.9 Å². The molecule has 1 aliphatic rings. The summed E-state index contributed by atoms with van der Waals surface area (Å²) in [4.78, 5) is 0. The lowest BCUT2D eigenvalue weighted by Gasteiger charge is -2.17. The molecular formula is C12H13F4NO. The number of alkyl halides is 4. The number of ether oxygens (including phenoxy) is 1. The van der Waals surface area contributed by atoms with E-state index in [1.54, 1.807) is 6.07 Å². The number of para-hydroxylation sites is 1. The van der Waals surface area contributed by atoms with Crippen molar-refractivity contribution in [2.75, 3.05) is 13.1 Å². The lowest BCUT2D eigenvalue weighted by Crippen LogP contribution is -2.42. The number of rotatable bonds is 5. The first kappa shape index (κ1) is 13.1. The van der Waals surface area contributed by atoms with E-state index in [4.69, 9.17) is 4.74 Å². The Kier molecular flexibility index (Phi) is 3.75. The smallest absolute Gasteiger partial charge is 0.319 e. The average Bonchev–Trinajstić information content (AvgIpc) is 2.70. The molecule has 0 saturated heterocycles. The van der Waals surface area contributed by atoms with Gasteiger partial charge in [-0.25, -0.2) is 8.78 Å². The molecule has 1 aromatic rings. The van der Waals surface area contributed by atoms with E-state index in [1.807, 2.05) is 18.2 Å². The summed E-state index contributed by atoms with van der Waals surface area (Å²) in [5, 5.41) is 2.33. The molecule has 1 atom stereocenters. The topological polar surface area (TPSA) is 21.3 Å². The summed E-state index contributed by atoms with van der Waals surface area (Å²) < 4.78 is 54.6. The third kappa shape index (κ3) is 2.93. The van der Waals surface area contributed by atoms with Crippen LogP contribution in [0, 0.1) is 0 Å². The van der Waals surface area contributed by atoms with Crippen LogP contribution >= 0.6 is 0 Å². The van der Waals surface area contributed by atoms with Gasteiger partial charge in [0.05, 0.1) is 6.54 Å². The molecule has 0 radical (unpaired) electrons. The van der Waals surface area contributed by atoms with Gasteiger partial charge in [-0.2, -0.15) is 8.78 Å². The summed E-state index contributed by atoms with van der Waals surface area (Å²) in [6.45, 7) is -0.919. The first-order chi connectivity index (χ1) is 8.49. The third-order valence-corrected chi connectivity index (χ3v) is 2.77. The van der Waals surface area contributed by atoms with Crippen molar-refractivity contribution >= 4 is 0 Å². The third-order valence-electron chi connectivity index (χ3n) is 2.77. The van der Waals surface area contributed by atoms with Crippen molar-refractivity contribution in [3.05, 3.63) is 29.8 Å². The minimum absolute atomic E-state index is 0.122. The Balaban J connectivity index is 1.78. The second-order valence-corrected chi connectivity index (χ2v) is 4.24. The van der Waals surface area contributed by atoms with Crippen LogP contribution in [-0.2, 0) is 6.42 Å². The van der Waals surface area contributed by atoms with Gasteiger partial charge in [0.1, 0.15) is 11.9 Å². The molecule has 1 aromatic carbocycles. The summed E-state index contributed by atoms with van der Waals surface area (Å²) in [5.74, 6) is -3.27. The molecular weight excluding hydrogens is 250 g/mol. The SMILES string of the molecule is FC(F)C(F)(F)CNCC1Cc2ccccc2O1. The van der Waals surface area contributed by atoms with Crippen molar-refractivity contribution in [1.29, 1.82) is 0 Å². The van der Waals surface area contributed by atoms with E-state index in [1.165, 1.54) is 0 Å². The van der Waals surface area contributed by atoms with E-state index in [9.17, 15) is 17.6 Å². The molecule has 1 heterocycles. The molecule has 0 saturated carbocycles. The van der Waals surface area contributed by atoms with Crippen molar-refractivity contribution in [3.8, 4) is 5.75 Å². The van der Waals surface area contributed by atoms with Gasteiger partial charge in [0.15, 0.2) is 0 Å². The fourth-order valence-corrected chi connectivity index (χ4v) is 1.84. The summed E-state index contributed by atoms with van der Waals surface area (Å²) in [6.07, 6.45) is -3.33. The lowest BCUT2D eigenvalue weighted by molar-refractivity contribution is -0.125. The van der Waals surface area contributed by atoms with Gasteiger partial charge in [0.2, 0.25) is 0 Å². The number of benzene rings is 1. The van der Waals surface area contributed by atoms with Crippen LogP contribution in [0.5, 0.6) is 5.75 Å². The maximum Gasteiger partial charge on any atom is 0.319 e. The Morgan fingerprint density at radius 3 is 2.72 bits per heavy atom. The van der Waals surface area contributed by atoms with Crippen LogP contribution in [0.4, 0.5) is 17.6 Å². The molecule has 1 N–H and O–H groups in total. The Morgan fingerprint density at radius 2 is 2.06 bits per heavy atom. The van der Waals surface area contributed by atoms with Crippen molar-refractivity contribution in [2.24, 2.45) is 0 Å². The van der Waals surface area contributed by atoms with Crippen LogP contribution in [0.15, 0.2) is 24.3 Å². The Bertz CT molecular complexity index is 386. The van der Waals surface area contributed by atoms with Crippen molar-refractivity contribution in [3.63, 3.8) is 0 Å². The minimum atomic E-state index is -3.99. The monoisotopic (exact) mass is 263 g/mol. The number of hydrogen-bond acceptors (Lipinski definition) is 2. The lowest BCUT2D eigenvalue weighted by atomic mass is 10.1. The van der Waals surface area contributed by atoms with Gasteiger partial charge in [-0.3, -0.25) is 0 Å². The zero-order valence-corrected chi connectivity index (χ0v) is 9.51. The molecule has 0 fully saturated rings. The van der Waals surface area contributed by atoms with E-state index in [-0.39, 0.29) is 12.6 Å². The maximum absolute atomic E-state index is 12.6. The van der Waals surface area contributed by atoms with E-state index in [2.05, 4.69) is 5.32 Å². The molecule has 18 heavy (non-hydrogen) atoms. The molecule has 0 amide bonds. The van der Waals surface area contributed by atoms with Crippen LogP contribution < -0.4 is 10.1 Å². The first-order valence-corrected chi connectivity index (χ1v) is 5.60. The number of hydrogen-bond donors (Lipinski definition) is 1. The van der Waals surface area contributed by atoms with Crippen molar-refractivity contribution < 1.29 is 22.3 Å². The molecule has 2 nitrogen and oxygen atoms in total. The molecule has 0 aliphatic carbocycles. The van der Waals surface area contributed by atoms with E-state index >= 15 is 0 Å². The summed E-state index contributed by atoms with van der Waals surface area (Å²) in [5.41, 5.74) is 1.00. The van der Waals surface area contributed by atoms with Gasteiger partial charge in [-0.15, -0.1) is 0 Å². The molecule has 6 heteroatoms. The van der Waals surface area contributed by atoms with Crippen LogP contribution in [0.2, 0.25) is 0 Å². The normalized spacial score (nSPS) is 18.8. The highest BCUT2D eigenvalue weighted by molar-refractivity contribution is 5.37. The number of halogens is 4. The highest BCUT2D eigenvalue weighted by Gasteiger charge is 2.40. The molecule has 0 aromatic heterocycles. The summed E-state index contributed by atoms with van der Waals surface area (Å²) in [6, 6.07) is 7.37. The second kappa shape index (κ2) is 5.14. The Morgan fingerprint density at radius 1 is 1.33 bits per heavy atom. The molecule has 100 valence electrons.